The molecule has 0 spiro atoms. The van der Waals surface area contributed by atoms with Gasteiger partial charge in [-0.15, -0.1) is 0 Å². The Kier molecular flexibility index (Phi) is 3.42. The van der Waals surface area contributed by atoms with Crippen molar-refractivity contribution >= 4 is 0 Å². The Bertz CT molecular complexity index is 597. The van der Waals surface area contributed by atoms with E-state index in [1.807, 2.05) is 13.0 Å². The number of imidazole rings is 1. The lowest BCUT2D eigenvalue weighted by Crippen LogP contribution is -2.18. The summed E-state index contributed by atoms with van der Waals surface area (Å²) < 4.78 is 1.80. The van der Waals surface area contributed by atoms with Crippen molar-refractivity contribution in [2.45, 2.75) is 13.0 Å². The van der Waals surface area contributed by atoms with Gasteiger partial charge in [0.05, 0.1) is 48.2 Å². The quantitative estimate of drug-likeness (QED) is 0.841. The zero-order chi connectivity index (χ0) is 13.1. The highest BCUT2D eigenvalue weighted by Crippen LogP contribution is 2.20. The largest absolute Gasteiger partial charge is 0.394 e. The van der Waals surface area contributed by atoms with Crippen LogP contribution in [0, 0.1) is 18.3 Å². The molecule has 1 heterocycles. The maximum atomic E-state index is 9.13. The summed E-state index contributed by atoms with van der Waals surface area (Å²) in [6, 6.07) is 7.04. The molecular weight excluding hydrogens is 228 g/mol. The van der Waals surface area contributed by atoms with Crippen LogP contribution in [0.4, 0.5) is 0 Å². The van der Waals surface area contributed by atoms with Crippen LogP contribution in [-0.2, 0) is 0 Å². The average molecular weight is 242 g/mol. The van der Waals surface area contributed by atoms with E-state index in [-0.39, 0.29) is 6.61 Å². The molecule has 0 bridgehead atoms. The first-order valence-electron chi connectivity index (χ1n) is 5.57. The third-order valence-corrected chi connectivity index (χ3v) is 2.84. The molecule has 2 aromatic rings. The minimum absolute atomic E-state index is 0.150. The summed E-state index contributed by atoms with van der Waals surface area (Å²) in [5.41, 5.74) is 8.98. The van der Waals surface area contributed by atoms with Crippen LogP contribution in [0.3, 0.4) is 0 Å². The second-order valence-electron chi connectivity index (χ2n) is 4.09. The molecule has 2 rings (SSSR count). The van der Waals surface area contributed by atoms with E-state index in [0.29, 0.717) is 5.56 Å². The molecule has 1 unspecified atom stereocenters. The molecular formula is C13H14N4O. The van der Waals surface area contributed by atoms with Crippen LogP contribution in [0.15, 0.2) is 30.7 Å². The van der Waals surface area contributed by atoms with E-state index < -0.39 is 6.04 Å². The summed E-state index contributed by atoms with van der Waals surface area (Å²) in [5.74, 6) is 0. The van der Waals surface area contributed by atoms with Crippen molar-refractivity contribution in [3.8, 4) is 11.8 Å². The molecule has 0 aliphatic heterocycles. The number of nitriles is 1. The number of hydrogen-bond donors (Lipinski definition) is 2. The molecule has 1 atom stereocenters. The summed E-state index contributed by atoms with van der Waals surface area (Å²) in [7, 11) is 0. The van der Waals surface area contributed by atoms with E-state index in [2.05, 4.69) is 11.1 Å². The normalized spacial score (nSPS) is 12.1. The number of aliphatic hydroxyl groups is 1. The summed E-state index contributed by atoms with van der Waals surface area (Å²) in [6.45, 7) is 1.80. The average Bonchev–Trinajstić information content (AvgIpc) is 2.87. The van der Waals surface area contributed by atoms with Gasteiger partial charge in [0.1, 0.15) is 0 Å². The fourth-order valence-corrected chi connectivity index (χ4v) is 1.81. The zero-order valence-electron chi connectivity index (χ0n) is 10.0. The van der Waals surface area contributed by atoms with Crippen LogP contribution < -0.4 is 5.73 Å². The molecule has 0 saturated carbocycles. The highest BCUT2D eigenvalue weighted by atomic mass is 16.3. The van der Waals surface area contributed by atoms with E-state index in [0.717, 1.165) is 16.9 Å². The Morgan fingerprint density at radius 1 is 1.56 bits per heavy atom. The Morgan fingerprint density at radius 3 is 3.00 bits per heavy atom. The first-order valence-corrected chi connectivity index (χ1v) is 5.57. The van der Waals surface area contributed by atoms with Gasteiger partial charge in [-0.05, 0) is 24.6 Å². The maximum absolute atomic E-state index is 9.13. The van der Waals surface area contributed by atoms with Gasteiger partial charge in [0.25, 0.3) is 0 Å². The molecule has 0 radical (unpaired) electrons. The molecule has 92 valence electrons. The molecule has 18 heavy (non-hydrogen) atoms. The number of aliphatic hydroxyl groups excluding tert-OH is 1. The lowest BCUT2D eigenvalue weighted by atomic mass is 10.1. The second kappa shape index (κ2) is 5.00. The first-order chi connectivity index (χ1) is 8.67. The van der Waals surface area contributed by atoms with Gasteiger partial charge in [0.2, 0.25) is 0 Å². The van der Waals surface area contributed by atoms with Crippen molar-refractivity contribution < 1.29 is 5.11 Å². The van der Waals surface area contributed by atoms with Crippen molar-refractivity contribution in [3.05, 3.63) is 47.5 Å². The molecule has 0 fully saturated rings. The third kappa shape index (κ3) is 2.12. The van der Waals surface area contributed by atoms with Crippen molar-refractivity contribution in [1.82, 2.24) is 9.55 Å². The molecule has 1 aromatic carbocycles. The first kappa shape index (κ1) is 12.3. The number of benzene rings is 1. The van der Waals surface area contributed by atoms with Crippen LogP contribution >= 0.6 is 0 Å². The van der Waals surface area contributed by atoms with Gasteiger partial charge < -0.3 is 15.4 Å². The van der Waals surface area contributed by atoms with Crippen molar-refractivity contribution in [3.63, 3.8) is 0 Å². The maximum Gasteiger partial charge on any atom is 0.0994 e. The van der Waals surface area contributed by atoms with Crippen LogP contribution in [0.2, 0.25) is 0 Å². The number of nitrogens with two attached hydrogens (primary N) is 1. The summed E-state index contributed by atoms with van der Waals surface area (Å²) in [5, 5.41) is 18.1. The predicted octanol–water partition coefficient (Wildman–Crippen LogP) is 1.04. The van der Waals surface area contributed by atoms with Gasteiger partial charge in [0.15, 0.2) is 0 Å². The summed E-state index contributed by atoms with van der Waals surface area (Å²) >= 11 is 0. The fraction of sp³-hybridized carbons (Fsp3) is 0.231. The van der Waals surface area contributed by atoms with Gasteiger partial charge >= 0.3 is 0 Å². The number of rotatable bonds is 3. The molecule has 0 amide bonds. The van der Waals surface area contributed by atoms with Crippen LogP contribution in [0.25, 0.3) is 5.69 Å². The number of aryl methyl sites for hydroxylation is 1. The zero-order valence-corrected chi connectivity index (χ0v) is 10.0. The summed E-state index contributed by atoms with van der Waals surface area (Å²) in [6.07, 6.45) is 3.26. The molecule has 5 nitrogen and oxygen atoms in total. The van der Waals surface area contributed by atoms with Crippen molar-refractivity contribution in [2.24, 2.45) is 5.73 Å². The second-order valence-corrected chi connectivity index (χ2v) is 4.09. The SMILES string of the molecule is Cc1ccc(C#N)cc1-n1cncc1C(N)CO. The Balaban J connectivity index is 2.56. The minimum Gasteiger partial charge on any atom is -0.394 e. The van der Waals surface area contributed by atoms with E-state index in [1.165, 1.54) is 0 Å². The smallest absolute Gasteiger partial charge is 0.0994 e. The van der Waals surface area contributed by atoms with Gasteiger partial charge in [-0.25, -0.2) is 4.98 Å². The molecule has 1 aromatic heterocycles. The Labute approximate surface area is 105 Å². The standard InChI is InChI=1S/C13H14N4O/c1-9-2-3-10(5-14)4-12(9)17-8-16-6-13(17)11(15)7-18/h2-4,6,8,11,18H,7,15H2,1H3. The van der Waals surface area contributed by atoms with Gasteiger partial charge in [0, 0.05) is 0 Å². The van der Waals surface area contributed by atoms with Crippen LogP contribution in [0.1, 0.15) is 22.9 Å². The lowest BCUT2D eigenvalue weighted by molar-refractivity contribution is 0.265. The van der Waals surface area contributed by atoms with Crippen molar-refractivity contribution in [1.29, 1.82) is 5.26 Å². The van der Waals surface area contributed by atoms with E-state index in [4.69, 9.17) is 16.1 Å². The van der Waals surface area contributed by atoms with E-state index >= 15 is 0 Å². The molecule has 5 heteroatoms. The van der Waals surface area contributed by atoms with Gasteiger partial charge in [-0.2, -0.15) is 5.26 Å². The predicted molar refractivity (Wildman–Crippen MR) is 67.0 cm³/mol. The monoisotopic (exact) mass is 242 g/mol. The highest BCUT2D eigenvalue weighted by molar-refractivity contribution is 5.48. The van der Waals surface area contributed by atoms with Crippen LogP contribution in [-0.4, -0.2) is 21.3 Å². The van der Waals surface area contributed by atoms with Gasteiger partial charge in [-0.1, -0.05) is 6.07 Å². The summed E-state index contributed by atoms with van der Waals surface area (Å²) in [4.78, 5) is 4.05. The number of nitrogens with zero attached hydrogens (tertiary/aromatic N) is 3. The highest BCUT2D eigenvalue weighted by Gasteiger charge is 2.13. The fourth-order valence-electron chi connectivity index (χ4n) is 1.81. The third-order valence-electron chi connectivity index (χ3n) is 2.84. The molecule has 3 N–H and O–H groups in total. The van der Waals surface area contributed by atoms with Crippen molar-refractivity contribution in [2.75, 3.05) is 6.61 Å². The molecule has 0 saturated heterocycles. The molecule has 0 aliphatic carbocycles. The Hall–Kier alpha value is -2.16. The van der Waals surface area contributed by atoms with Gasteiger partial charge in [-0.3, -0.25) is 0 Å². The van der Waals surface area contributed by atoms with Crippen LogP contribution in [0.5, 0.6) is 0 Å². The van der Waals surface area contributed by atoms with E-state index in [1.54, 1.807) is 29.2 Å². The number of aromatic nitrogens is 2. The Morgan fingerprint density at radius 2 is 2.33 bits per heavy atom. The lowest BCUT2D eigenvalue weighted by Gasteiger charge is -2.14. The topological polar surface area (TPSA) is 87.9 Å². The minimum atomic E-state index is -0.488. The number of hydrogen-bond acceptors (Lipinski definition) is 4. The molecule has 0 aliphatic rings. The van der Waals surface area contributed by atoms with E-state index in [9.17, 15) is 0 Å².